The van der Waals surface area contributed by atoms with Gasteiger partial charge in [-0.05, 0) is 54.0 Å². The number of ketones is 2. The molecule has 0 aromatic carbocycles. The molecule has 0 aromatic rings. The zero-order valence-corrected chi connectivity index (χ0v) is 14.0. The van der Waals surface area contributed by atoms with Gasteiger partial charge < -0.3 is 11.1 Å². The van der Waals surface area contributed by atoms with Gasteiger partial charge >= 0.3 is 0 Å². The van der Waals surface area contributed by atoms with Crippen molar-refractivity contribution in [1.29, 1.82) is 0 Å². The molecule has 3 N–H and O–H groups in total. The van der Waals surface area contributed by atoms with Crippen molar-refractivity contribution in [3.8, 4) is 0 Å². The summed E-state index contributed by atoms with van der Waals surface area (Å²) in [6.07, 6.45) is 0. The minimum absolute atomic E-state index is 0.104. The van der Waals surface area contributed by atoms with Crippen LogP contribution in [0.15, 0.2) is 0 Å². The van der Waals surface area contributed by atoms with Crippen LogP contribution in [0.2, 0.25) is 0 Å². The van der Waals surface area contributed by atoms with Crippen LogP contribution in [0, 0.1) is 5.92 Å². The number of hydrogen-bond acceptors (Lipinski definition) is 5. The van der Waals surface area contributed by atoms with Crippen molar-refractivity contribution < 1.29 is 9.59 Å². The molecule has 0 aliphatic carbocycles. The second-order valence-corrected chi connectivity index (χ2v) is 6.69. The predicted molar refractivity (Wildman–Crippen MR) is 82.4 cm³/mol. The van der Waals surface area contributed by atoms with Crippen molar-refractivity contribution >= 4 is 11.6 Å². The third kappa shape index (κ3) is 5.31. The van der Waals surface area contributed by atoms with E-state index >= 15 is 0 Å². The molecule has 1 unspecified atom stereocenters. The first kappa shape index (κ1) is 19.2. The lowest BCUT2D eigenvalue weighted by molar-refractivity contribution is -0.127. The zero-order chi connectivity index (χ0) is 16.1. The highest BCUT2D eigenvalue weighted by Gasteiger charge is 2.32. The molecule has 0 saturated heterocycles. The lowest BCUT2D eigenvalue weighted by Gasteiger charge is -2.37. The van der Waals surface area contributed by atoms with Crippen molar-refractivity contribution in [3.05, 3.63) is 0 Å². The minimum atomic E-state index is -0.556. The van der Waals surface area contributed by atoms with E-state index in [0.29, 0.717) is 19.8 Å². The fraction of sp³-hybridized carbons (Fsp3) is 0.867. The van der Waals surface area contributed by atoms with E-state index in [2.05, 4.69) is 12.2 Å². The maximum absolute atomic E-state index is 11.7. The van der Waals surface area contributed by atoms with Crippen LogP contribution < -0.4 is 11.1 Å². The molecule has 0 aliphatic rings. The summed E-state index contributed by atoms with van der Waals surface area (Å²) in [6, 6.07) is 0. The van der Waals surface area contributed by atoms with Crippen molar-refractivity contribution in [1.82, 2.24) is 10.2 Å². The van der Waals surface area contributed by atoms with E-state index in [1.807, 2.05) is 32.6 Å². The Morgan fingerprint density at radius 2 is 1.65 bits per heavy atom. The van der Waals surface area contributed by atoms with Gasteiger partial charge in [0.05, 0.1) is 11.1 Å². The van der Waals surface area contributed by atoms with Gasteiger partial charge in [-0.15, -0.1) is 0 Å². The van der Waals surface area contributed by atoms with Crippen LogP contribution in [0.3, 0.4) is 0 Å². The Morgan fingerprint density at radius 1 is 1.15 bits per heavy atom. The van der Waals surface area contributed by atoms with Gasteiger partial charge in [-0.1, -0.05) is 6.92 Å². The summed E-state index contributed by atoms with van der Waals surface area (Å²) in [4.78, 5) is 25.1. The average Bonchev–Trinajstić information content (AvgIpc) is 2.32. The second kappa shape index (κ2) is 7.29. The van der Waals surface area contributed by atoms with E-state index in [9.17, 15) is 9.59 Å². The molecule has 0 aromatic heterocycles. The summed E-state index contributed by atoms with van der Waals surface area (Å²) in [6.45, 7) is 14.6. The van der Waals surface area contributed by atoms with Crippen LogP contribution in [0.4, 0.5) is 0 Å². The molecule has 1 atom stereocenters. The molecule has 0 rings (SSSR count). The maximum atomic E-state index is 11.7. The first-order chi connectivity index (χ1) is 8.95. The van der Waals surface area contributed by atoms with Gasteiger partial charge in [-0.2, -0.15) is 0 Å². The number of nitrogens with two attached hydrogens (primary N) is 1. The van der Waals surface area contributed by atoms with Gasteiger partial charge in [-0.25, -0.2) is 0 Å². The Kier molecular flexibility index (Phi) is 7.01. The number of hydrogen-bond donors (Lipinski definition) is 2. The molecule has 0 aliphatic heterocycles. The molecule has 0 amide bonds. The van der Waals surface area contributed by atoms with Crippen LogP contribution in [-0.4, -0.2) is 47.3 Å². The van der Waals surface area contributed by atoms with Gasteiger partial charge in [0.2, 0.25) is 0 Å². The summed E-state index contributed by atoms with van der Waals surface area (Å²) in [5, 5.41) is 3.27. The normalized spacial score (nSPS) is 14.4. The largest absolute Gasteiger partial charge is 0.318 e. The van der Waals surface area contributed by atoms with E-state index in [-0.39, 0.29) is 17.5 Å². The molecule has 0 spiro atoms. The third-order valence-corrected chi connectivity index (χ3v) is 4.18. The number of Topliss-reactive ketones (excluding diaryl/α,β-unsaturated/α-hetero) is 2. The number of nitrogens with one attached hydrogen (secondary N) is 1. The third-order valence-electron chi connectivity index (χ3n) is 4.18. The summed E-state index contributed by atoms with van der Waals surface area (Å²) in [7, 11) is 0. The van der Waals surface area contributed by atoms with E-state index in [1.54, 1.807) is 13.8 Å². The van der Waals surface area contributed by atoms with E-state index in [1.165, 1.54) is 0 Å². The zero-order valence-electron chi connectivity index (χ0n) is 14.0. The molecule has 5 nitrogen and oxygen atoms in total. The predicted octanol–water partition coefficient (Wildman–Crippen LogP) is 1.17. The molecular formula is C15H31N3O2. The molecule has 0 bridgehead atoms. The number of carbonyl (C=O) groups is 2. The fourth-order valence-corrected chi connectivity index (χ4v) is 1.75. The quantitative estimate of drug-likeness (QED) is 0.622. The maximum Gasteiger partial charge on any atom is 0.149 e. The second-order valence-electron chi connectivity index (χ2n) is 6.69. The van der Waals surface area contributed by atoms with E-state index in [4.69, 9.17) is 5.73 Å². The minimum Gasteiger partial charge on any atom is -0.318 e. The topological polar surface area (TPSA) is 75.4 Å². The van der Waals surface area contributed by atoms with Crippen LogP contribution in [0.25, 0.3) is 0 Å². The number of rotatable bonds is 9. The lowest BCUT2D eigenvalue weighted by Crippen LogP contribution is -2.54. The molecule has 0 radical (unpaired) electrons. The lowest BCUT2D eigenvalue weighted by atomic mass is 9.95. The van der Waals surface area contributed by atoms with Crippen LogP contribution in [0.1, 0.15) is 48.5 Å². The molecule has 118 valence electrons. The van der Waals surface area contributed by atoms with Gasteiger partial charge in [0.15, 0.2) is 0 Å². The Bertz CT molecular complexity index is 351. The van der Waals surface area contributed by atoms with Gasteiger partial charge in [0, 0.05) is 13.2 Å². The SMILES string of the molecule is CC(=O)C(C)(C)NCC(C)CN(CN)C(C)(C)C(C)=O. The van der Waals surface area contributed by atoms with Gasteiger partial charge in [0.1, 0.15) is 11.6 Å². The molecule has 0 fully saturated rings. The van der Waals surface area contributed by atoms with Crippen molar-refractivity contribution in [2.45, 2.75) is 59.5 Å². The van der Waals surface area contributed by atoms with E-state index in [0.717, 1.165) is 0 Å². The van der Waals surface area contributed by atoms with Crippen LogP contribution in [0.5, 0.6) is 0 Å². The van der Waals surface area contributed by atoms with Crippen molar-refractivity contribution in [3.63, 3.8) is 0 Å². The van der Waals surface area contributed by atoms with E-state index < -0.39 is 11.1 Å². The Labute approximate surface area is 123 Å². The first-order valence-electron chi connectivity index (χ1n) is 7.17. The molecule has 0 saturated carbocycles. The summed E-state index contributed by atoms with van der Waals surface area (Å²) >= 11 is 0. The Morgan fingerprint density at radius 3 is 2.00 bits per heavy atom. The van der Waals surface area contributed by atoms with Crippen molar-refractivity contribution in [2.75, 3.05) is 19.8 Å². The summed E-state index contributed by atoms with van der Waals surface area (Å²) in [5.74, 6) is 0.507. The highest BCUT2D eigenvalue weighted by atomic mass is 16.1. The number of carbonyl (C=O) groups excluding carboxylic acids is 2. The average molecular weight is 285 g/mol. The highest BCUT2D eigenvalue weighted by Crippen LogP contribution is 2.16. The number of nitrogens with zero attached hydrogens (tertiary/aromatic N) is 1. The smallest absolute Gasteiger partial charge is 0.149 e. The molecule has 5 heteroatoms. The molecular weight excluding hydrogens is 254 g/mol. The van der Waals surface area contributed by atoms with Gasteiger partial charge in [0.25, 0.3) is 0 Å². The fourth-order valence-electron chi connectivity index (χ4n) is 1.75. The molecule has 0 heterocycles. The monoisotopic (exact) mass is 285 g/mol. The van der Waals surface area contributed by atoms with Crippen LogP contribution >= 0.6 is 0 Å². The van der Waals surface area contributed by atoms with Gasteiger partial charge in [-0.3, -0.25) is 14.5 Å². The first-order valence-corrected chi connectivity index (χ1v) is 7.17. The summed E-state index contributed by atoms with van der Waals surface area (Å²) < 4.78 is 0. The van der Waals surface area contributed by atoms with Crippen LogP contribution in [-0.2, 0) is 9.59 Å². The Hall–Kier alpha value is -0.780. The standard InChI is InChI=1S/C15H31N3O2/c1-11(8-17-14(4,5)12(2)19)9-18(10-16)15(6,7)13(3)20/h11,17H,8-10,16H2,1-7H3. The highest BCUT2D eigenvalue weighted by molar-refractivity contribution is 5.85. The summed E-state index contributed by atoms with van der Waals surface area (Å²) in [5.41, 5.74) is 4.70. The van der Waals surface area contributed by atoms with Crippen molar-refractivity contribution in [2.24, 2.45) is 11.7 Å². The molecule has 20 heavy (non-hydrogen) atoms. The Balaban J connectivity index is 4.55.